The maximum absolute atomic E-state index is 11.2. The molecule has 0 bridgehead atoms. The van der Waals surface area contributed by atoms with Gasteiger partial charge in [-0.05, 0) is 24.5 Å². The van der Waals surface area contributed by atoms with Crippen LogP contribution in [0, 0.1) is 10.1 Å². The molecule has 1 heterocycles. The van der Waals surface area contributed by atoms with Gasteiger partial charge in [0.2, 0.25) is 0 Å². The Bertz CT molecular complexity index is 525. The molecule has 0 atom stereocenters. The molecule has 0 radical (unpaired) electrons. The van der Waals surface area contributed by atoms with Crippen molar-refractivity contribution in [1.82, 2.24) is 0 Å². The third-order valence-corrected chi connectivity index (χ3v) is 4.34. The highest BCUT2D eigenvalue weighted by atomic mass is 16.6. The SMILES string of the molecule is CC.CC.O=[N+]([O-])c1cc(COC2CCCC2)cc(N2CCOCC2)c1. The minimum atomic E-state index is -0.330. The van der Waals surface area contributed by atoms with Crippen molar-refractivity contribution < 1.29 is 14.4 Å². The molecule has 1 aliphatic carbocycles. The van der Waals surface area contributed by atoms with Crippen LogP contribution < -0.4 is 4.90 Å². The Kier molecular flexibility index (Phi) is 10.9. The Labute approximate surface area is 157 Å². The number of nitrogens with zero attached hydrogens (tertiary/aromatic N) is 2. The van der Waals surface area contributed by atoms with E-state index in [1.165, 1.54) is 12.8 Å². The number of anilines is 1. The Balaban J connectivity index is 0.000000791. The molecule has 1 saturated carbocycles. The second-order valence-electron chi connectivity index (χ2n) is 5.93. The first-order chi connectivity index (χ1) is 12.7. The van der Waals surface area contributed by atoms with Crippen LogP contribution in [-0.4, -0.2) is 37.3 Å². The van der Waals surface area contributed by atoms with E-state index in [2.05, 4.69) is 4.90 Å². The maximum Gasteiger partial charge on any atom is 0.271 e. The molecule has 6 heteroatoms. The number of benzene rings is 1. The van der Waals surface area contributed by atoms with Crippen molar-refractivity contribution in [3.05, 3.63) is 33.9 Å². The molecule has 3 rings (SSSR count). The fraction of sp³-hybridized carbons (Fsp3) is 0.700. The zero-order valence-electron chi connectivity index (χ0n) is 16.7. The summed E-state index contributed by atoms with van der Waals surface area (Å²) in [5.41, 5.74) is 1.90. The molecule has 2 aliphatic rings. The smallest absolute Gasteiger partial charge is 0.271 e. The molecule has 1 aliphatic heterocycles. The van der Waals surface area contributed by atoms with Crippen LogP contribution in [0.4, 0.5) is 11.4 Å². The van der Waals surface area contributed by atoms with E-state index < -0.39 is 0 Å². The molecule has 6 nitrogen and oxygen atoms in total. The quantitative estimate of drug-likeness (QED) is 0.545. The van der Waals surface area contributed by atoms with Crippen LogP contribution in [-0.2, 0) is 16.1 Å². The summed E-state index contributed by atoms with van der Waals surface area (Å²) in [6.07, 6.45) is 4.96. The lowest BCUT2D eigenvalue weighted by atomic mass is 10.1. The first kappa shape index (κ1) is 22.4. The minimum absolute atomic E-state index is 0.133. The molecule has 26 heavy (non-hydrogen) atoms. The summed E-state index contributed by atoms with van der Waals surface area (Å²) >= 11 is 0. The van der Waals surface area contributed by atoms with Gasteiger partial charge in [0, 0.05) is 30.9 Å². The number of ether oxygens (including phenoxy) is 2. The fourth-order valence-corrected chi connectivity index (χ4v) is 3.12. The van der Waals surface area contributed by atoms with E-state index in [1.54, 1.807) is 12.1 Å². The van der Waals surface area contributed by atoms with E-state index in [9.17, 15) is 10.1 Å². The third kappa shape index (κ3) is 6.92. The summed E-state index contributed by atoms with van der Waals surface area (Å²) in [6, 6.07) is 5.27. The highest BCUT2D eigenvalue weighted by molar-refractivity contribution is 5.56. The van der Waals surface area contributed by atoms with Crippen LogP contribution in [0.15, 0.2) is 18.2 Å². The van der Waals surface area contributed by atoms with Gasteiger partial charge in [0.25, 0.3) is 5.69 Å². The zero-order valence-corrected chi connectivity index (χ0v) is 16.7. The molecular formula is C20H34N2O4. The Morgan fingerprint density at radius 1 is 1.12 bits per heavy atom. The maximum atomic E-state index is 11.2. The van der Waals surface area contributed by atoms with E-state index in [4.69, 9.17) is 9.47 Å². The summed E-state index contributed by atoms with van der Waals surface area (Å²) in [4.78, 5) is 13.0. The van der Waals surface area contributed by atoms with Gasteiger partial charge in [-0.1, -0.05) is 40.5 Å². The highest BCUT2D eigenvalue weighted by Gasteiger charge is 2.19. The van der Waals surface area contributed by atoms with E-state index in [1.807, 2.05) is 33.8 Å². The van der Waals surface area contributed by atoms with Crippen molar-refractivity contribution in [2.75, 3.05) is 31.2 Å². The molecule has 1 saturated heterocycles. The number of nitro groups is 1. The lowest BCUT2D eigenvalue weighted by Crippen LogP contribution is -2.36. The first-order valence-electron chi connectivity index (χ1n) is 9.95. The average Bonchev–Trinajstić information content (AvgIpc) is 3.23. The van der Waals surface area contributed by atoms with Crippen molar-refractivity contribution in [2.24, 2.45) is 0 Å². The van der Waals surface area contributed by atoms with Crippen molar-refractivity contribution in [1.29, 1.82) is 0 Å². The molecule has 0 amide bonds. The second kappa shape index (κ2) is 12.7. The van der Waals surface area contributed by atoms with Gasteiger partial charge in [0.1, 0.15) is 0 Å². The molecule has 0 aromatic heterocycles. The van der Waals surface area contributed by atoms with Gasteiger partial charge in [-0.25, -0.2) is 0 Å². The molecule has 1 aromatic carbocycles. The summed E-state index contributed by atoms with van der Waals surface area (Å²) in [5, 5.41) is 11.2. The monoisotopic (exact) mass is 366 g/mol. The third-order valence-electron chi connectivity index (χ3n) is 4.34. The fourth-order valence-electron chi connectivity index (χ4n) is 3.12. The van der Waals surface area contributed by atoms with Crippen LogP contribution in [0.25, 0.3) is 0 Å². The number of non-ortho nitro benzene ring substituents is 1. The van der Waals surface area contributed by atoms with Gasteiger partial charge in [-0.3, -0.25) is 10.1 Å². The van der Waals surface area contributed by atoms with E-state index in [0.29, 0.717) is 25.9 Å². The summed E-state index contributed by atoms with van der Waals surface area (Å²) in [6.45, 7) is 11.3. The van der Waals surface area contributed by atoms with Gasteiger partial charge < -0.3 is 14.4 Å². The number of hydrogen-bond acceptors (Lipinski definition) is 5. The predicted molar refractivity (Wildman–Crippen MR) is 106 cm³/mol. The topological polar surface area (TPSA) is 64.8 Å². The molecule has 0 spiro atoms. The standard InChI is InChI=1S/C16H22N2O4.2C2H6/c19-18(20)15-10-13(12-22-16-3-1-2-4-16)9-14(11-15)17-5-7-21-8-6-17;2*1-2/h9-11,16H,1-8,12H2;2*1-2H3. The van der Waals surface area contributed by atoms with Crippen molar-refractivity contribution in [3.8, 4) is 0 Å². The zero-order chi connectivity index (χ0) is 19.4. The summed E-state index contributed by atoms with van der Waals surface area (Å²) in [7, 11) is 0. The molecule has 1 aromatic rings. The van der Waals surface area contributed by atoms with Gasteiger partial charge in [0.05, 0.1) is 30.8 Å². The predicted octanol–water partition coefficient (Wildman–Crippen LogP) is 4.94. The number of morpholine rings is 1. The summed E-state index contributed by atoms with van der Waals surface area (Å²) < 4.78 is 11.2. The van der Waals surface area contributed by atoms with E-state index >= 15 is 0 Å². The molecule has 0 N–H and O–H groups in total. The second-order valence-corrected chi connectivity index (χ2v) is 5.93. The van der Waals surface area contributed by atoms with Crippen LogP contribution in [0.3, 0.4) is 0 Å². The molecule has 148 valence electrons. The Morgan fingerprint density at radius 3 is 2.31 bits per heavy atom. The Hall–Kier alpha value is -1.66. The van der Waals surface area contributed by atoms with Crippen LogP contribution in [0.5, 0.6) is 0 Å². The van der Waals surface area contributed by atoms with E-state index in [0.717, 1.165) is 37.2 Å². The largest absolute Gasteiger partial charge is 0.378 e. The Morgan fingerprint density at radius 2 is 1.73 bits per heavy atom. The van der Waals surface area contributed by atoms with Crippen molar-refractivity contribution >= 4 is 11.4 Å². The number of nitro benzene ring substituents is 1. The average molecular weight is 367 g/mol. The lowest BCUT2D eigenvalue weighted by Gasteiger charge is -2.29. The number of hydrogen-bond donors (Lipinski definition) is 0. The van der Waals surface area contributed by atoms with Crippen LogP contribution in [0.2, 0.25) is 0 Å². The van der Waals surface area contributed by atoms with Crippen LogP contribution >= 0.6 is 0 Å². The van der Waals surface area contributed by atoms with Gasteiger partial charge in [0.15, 0.2) is 0 Å². The van der Waals surface area contributed by atoms with Crippen molar-refractivity contribution in [2.45, 2.75) is 66.1 Å². The summed E-state index contributed by atoms with van der Waals surface area (Å²) in [5.74, 6) is 0. The van der Waals surface area contributed by atoms with Gasteiger partial charge in [-0.15, -0.1) is 0 Å². The molecular weight excluding hydrogens is 332 g/mol. The van der Waals surface area contributed by atoms with Crippen molar-refractivity contribution in [3.63, 3.8) is 0 Å². The normalized spacial score (nSPS) is 17.0. The molecule has 0 unspecified atom stereocenters. The van der Waals surface area contributed by atoms with E-state index in [-0.39, 0.29) is 10.6 Å². The lowest BCUT2D eigenvalue weighted by molar-refractivity contribution is -0.384. The number of rotatable bonds is 5. The van der Waals surface area contributed by atoms with Crippen LogP contribution in [0.1, 0.15) is 58.9 Å². The van der Waals surface area contributed by atoms with Gasteiger partial charge in [-0.2, -0.15) is 0 Å². The highest BCUT2D eigenvalue weighted by Crippen LogP contribution is 2.27. The first-order valence-corrected chi connectivity index (χ1v) is 9.95. The van der Waals surface area contributed by atoms with Gasteiger partial charge >= 0.3 is 0 Å². The molecule has 2 fully saturated rings. The minimum Gasteiger partial charge on any atom is -0.378 e.